The van der Waals surface area contributed by atoms with Crippen molar-refractivity contribution in [1.29, 1.82) is 0 Å². The molecule has 30 heavy (non-hydrogen) atoms. The van der Waals surface area contributed by atoms with Crippen LogP contribution in [0.3, 0.4) is 0 Å². The van der Waals surface area contributed by atoms with Crippen LogP contribution in [0.1, 0.15) is 31.8 Å². The van der Waals surface area contributed by atoms with Gasteiger partial charge < -0.3 is 9.84 Å². The Morgan fingerprint density at radius 3 is 2.27 bits per heavy atom. The van der Waals surface area contributed by atoms with Crippen molar-refractivity contribution >= 4 is 63.3 Å². The van der Waals surface area contributed by atoms with E-state index in [4.69, 9.17) is 9.84 Å². The average molecular weight is 627 g/mol. The van der Waals surface area contributed by atoms with Crippen LogP contribution in [0.15, 0.2) is 66.0 Å². The summed E-state index contributed by atoms with van der Waals surface area (Å²) >= 11 is 4.36. The summed E-state index contributed by atoms with van der Waals surface area (Å²) in [6.45, 7) is 0.321. The molecule has 0 bridgehead atoms. The number of ether oxygens (including phenoxy) is 1. The topological polar surface area (TPSA) is 101 Å². The van der Waals surface area contributed by atoms with E-state index in [-0.39, 0.29) is 11.5 Å². The van der Waals surface area contributed by atoms with Gasteiger partial charge in [-0.05, 0) is 92.7 Å². The maximum absolute atomic E-state index is 12.0. The number of pyridine rings is 1. The molecule has 3 aromatic rings. The highest BCUT2D eigenvalue weighted by Crippen LogP contribution is 2.29. The van der Waals surface area contributed by atoms with E-state index in [0.29, 0.717) is 12.2 Å². The van der Waals surface area contributed by atoms with Crippen LogP contribution < -0.4 is 10.2 Å². The highest BCUT2D eigenvalue weighted by molar-refractivity contribution is 14.1. The Balaban J connectivity index is 1.63. The van der Waals surface area contributed by atoms with Crippen LogP contribution in [0.4, 0.5) is 0 Å². The second-order valence-electron chi connectivity index (χ2n) is 6.04. The Morgan fingerprint density at radius 1 is 1.03 bits per heavy atom. The van der Waals surface area contributed by atoms with E-state index in [1.54, 1.807) is 55.0 Å². The monoisotopic (exact) mass is 627 g/mol. The minimum absolute atomic E-state index is 0.238. The van der Waals surface area contributed by atoms with Gasteiger partial charge in [-0.25, -0.2) is 10.2 Å². The number of hydrogen-bond donors (Lipinski definition) is 2. The van der Waals surface area contributed by atoms with E-state index in [1.807, 2.05) is 12.1 Å². The smallest absolute Gasteiger partial charge is 0.335 e. The van der Waals surface area contributed by atoms with Crippen LogP contribution in [0.2, 0.25) is 0 Å². The maximum Gasteiger partial charge on any atom is 0.335 e. The lowest BCUT2D eigenvalue weighted by atomic mass is 10.1. The number of hydrazone groups is 1. The average Bonchev–Trinajstić information content (AvgIpc) is 2.74. The van der Waals surface area contributed by atoms with E-state index in [9.17, 15) is 9.59 Å². The van der Waals surface area contributed by atoms with Crippen molar-refractivity contribution in [1.82, 2.24) is 10.4 Å². The Bertz CT molecular complexity index is 1060. The number of aromatic carboxylic acids is 1. The highest BCUT2D eigenvalue weighted by Gasteiger charge is 2.10. The van der Waals surface area contributed by atoms with Gasteiger partial charge in [0.15, 0.2) is 0 Å². The molecule has 0 saturated carbocycles. The summed E-state index contributed by atoms with van der Waals surface area (Å²) in [4.78, 5) is 26.8. The summed E-state index contributed by atoms with van der Waals surface area (Å²) in [5, 5.41) is 13.0. The third kappa shape index (κ3) is 5.98. The van der Waals surface area contributed by atoms with Gasteiger partial charge in [0.2, 0.25) is 0 Å². The van der Waals surface area contributed by atoms with Gasteiger partial charge in [0.25, 0.3) is 5.91 Å². The van der Waals surface area contributed by atoms with Gasteiger partial charge in [-0.15, -0.1) is 0 Å². The lowest BCUT2D eigenvalue weighted by Crippen LogP contribution is -2.17. The van der Waals surface area contributed by atoms with Crippen molar-refractivity contribution in [2.24, 2.45) is 5.10 Å². The summed E-state index contributed by atoms with van der Waals surface area (Å²) in [6.07, 6.45) is 4.66. The predicted molar refractivity (Wildman–Crippen MR) is 129 cm³/mol. The number of benzene rings is 2. The van der Waals surface area contributed by atoms with Gasteiger partial charge in [0.05, 0.1) is 18.9 Å². The van der Waals surface area contributed by atoms with Crippen molar-refractivity contribution in [3.05, 3.63) is 90.3 Å². The number of amides is 1. The molecule has 0 unspecified atom stereocenters. The van der Waals surface area contributed by atoms with Crippen LogP contribution >= 0.6 is 45.2 Å². The zero-order valence-electron chi connectivity index (χ0n) is 15.4. The highest BCUT2D eigenvalue weighted by atomic mass is 127. The molecule has 2 aromatic carbocycles. The Morgan fingerprint density at radius 2 is 1.67 bits per heavy atom. The Labute approximate surface area is 199 Å². The second kappa shape index (κ2) is 10.5. The fraction of sp³-hybridized carbons (Fsp3) is 0.0476. The van der Waals surface area contributed by atoms with Gasteiger partial charge in [-0.2, -0.15) is 5.10 Å². The van der Waals surface area contributed by atoms with E-state index in [2.05, 4.69) is 60.7 Å². The summed E-state index contributed by atoms with van der Waals surface area (Å²) in [6, 6.07) is 13.6. The molecule has 2 N–H and O–H groups in total. The number of carboxylic acid groups (broad SMARTS) is 1. The van der Waals surface area contributed by atoms with E-state index < -0.39 is 5.97 Å². The fourth-order valence-electron chi connectivity index (χ4n) is 2.42. The number of rotatable bonds is 7. The first kappa shape index (κ1) is 22.2. The zero-order chi connectivity index (χ0) is 21.5. The first-order valence-corrected chi connectivity index (χ1v) is 10.8. The molecule has 0 aliphatic carbocycles. The molecule has 1 aromatic heterocycles. The van der Waals surface area contributed by atoms with Crippen molar-refractivity contribution in [3.8, 4) is 5.75 Å². The van der Waals surface area contributed by atoms with Crippen molar-refractivity contribution in [3.63, 3.8) is 0 Å². The van der Waals surface area contributed by atoms with E-state index in [0.717, 1.165) is 24.0 Å². The first-order valence-electron chi connectivity index (χ1n) is 8.61. The third-order valence-electron chi connectivity index (χ3n) is 3.93. The number of halogens is 2. The van der Waals surface area contributed by atoms with Gasteiger partial charge in [-0.1, -0.05) is 12.1 Å². The van der Waals surface area contributed by atoms with Crippen molar-refractivity contribution in [2.45, 2.75) is 6.61 Å². The van der Waals surface area contributed by atoms with Crippen molar-refractivity contribution < 1.29 is 19.4 Å². The molecule has 0 fully saturated rings. The minimum atomic E-state index is -0.958. The van der Waals surface area contributed by atoms with Gasteiger partial charge >= 0.3 is 5.97 Å². The number of carboxylic acids is 1. The Hall–Kier alpha value is -2.54. The van der Waals surface area contributed by atoms with Crippen LogP contribution in [0, 0.1) is 7.14 Å². The largest absolute Gasteiger partial charge is 0.487 e. The minimum Gasteiger partial charge on any atom is -0.487 e. The molecular weight excluding hydrogens is 612 g/mol. The standard InChI is InChI=1S/C21H15I2N3O4/c22-17-9-14(11-25-26-20(27)15-5-7-24-8-6-15)10-18(23)19(17)30-12-13-1-3-16(4-2-13)21(28)29/h1-11H,12H2,(H,26,27)(H,28,29)/b25-11-. The predicted octanol–water partition coefficient (Wildman–Crippen LogP) is 4.33. The molecule has 1 amide bonds. The summed E-state index contributed by atoms with van der Waals surface area (Å²) in [5.74, 6) is -0.538. The molecular formula is C21H15I2N3O4. The lowest BCUT2D eigenvalue weighted by Gasteiger charge is -2.11. The quantitative estimate of drug-likeness (QED) is 0.231. The summed E-state index contributed by atoms with van der Waals surface area (Å²) in [5.41, 5.74) is 4.89. The number of nitrogens with one attached hydrogen (secondary N) is 1. The van der Waals surface area contributed by atoms with Gasteiger partial charge in [0, 0.05) is 18.0 Å². The normalized spacial score (nSPS) is 10.7. The first-order chi connectivity index (χ1) is 14.4. The van der Waals surface area contributed by atoms with E-state index in [1.165, 1.54) is 0 Å². The summed E-state index contributed by atoms with van der Waals surface area (Å²) < 4.78 is 7.71. The lowest BCUT2D eigenvalue weighted by molar-refractivity contribution is 0.0696. The number of hydrogen-bond acceptors (Lipinski definition) is 5. The molecule has 0 aliphatic rings. The molecule has 0 spiro atoms. The zero-order valence-corrected chi connectivity index (χ0v) is 19.7. The Kier molecular flexibility index (Phi) is 7.74. The molecule has 3 rings (SSSR count). The second-order valence-corrected chi connectivity index (χ2v) is 8.36. The van der Waals surface area contributed by atoms with Gasteiger partial charge in [-0.3, -0.25) is 9.78 Å². The molecule has 0 radical (unpaired) electrons. The van der Waals surface area contributed by atoms with Gasteiger partial charge in [0.1, 0.15) is 12.4 Å². The van der Waals surface area contributed by atoms with Crippen LogP contribution in [0.5, 0.6) is 5.75 Å². The fourth-order valence-corrected chi connectivity index (χ4v) is 4.55. The molecule has 9 heteroatoms. The molecule has 152 valence electrons. The molecule has 0 aliphatic heterocycles. The van der Waals surface area contributed by atoms with Crippen LogP contribution in [-0.2, 0) is 6.61 Å². The van der Waals surface area contributed by atoms with Crippen LogP contribution in [-0.4, -0.2) is 28.2 Å². The third-order valence-corrected chi connectivity index (χ3v) is 5.53. The SMILES string of the molecule is O=C(O)c1ccc(COc2c(I)cc(/C=N\NC(=O)c3ccncc3)cc2I)cc1. The number of aromatic nitrogens is 1. The number of carbonyl (C=O) groups is 2. The van der Waals surface area contributed by atoms with E-state index >= 15 is 0 Å². The molecule has 0 saturated heterocycles. The number of nitrogens with zero attached hydrogens (tertiary/aromatic N) is 2. The van der Waals surface area contributed by atoms with Crippen molar-refractivity contribution in [2.75, 3.05) is 0 Å². The van der Waals surface area contributed by atoms with Crippen LogP contribution in [0.25, 0.3) is 0 Å². The molecule has 0 atom stereocenters. The maximum atomic E-state index is 12.0. The molecule has 1 heterocycles. The molecule has 7 nitrogen and oxygen atoms in total. The summed E-state index contributed by atoms with van der Waals surface area (Å²) in [7, 11) is 0. The number of carbonyl (C=O) groups excluding carboxylic acids is 1.